The van der Waals surface area contributed by atoms with Gasteiger partial charge in [-0.15, -0.1) is 0 Å². The van der Waals surface area contributed by atoms with E-state index in [2.05, 4.69) is 0 Å². The summed E-state index contributed by atoms with van der Waals surface area (Å²) >= 11 is 0. The molecule has 0 aliphatic rings. The SMILES string of the molecule is Cn1cc(F)c(OCc2ccccc2)cc1=O. The first-order chi connectivity index (χ1) is 8.16. The van der Waals surface area contributed by atoms with E-state index in [0.29, 0.717) is 0 Å². The van der Waals surface area contributed by atoms with Crippen LogP contribution in [0.4, 0.5) is 4.39 Å². The van der Waals surface area contributed by atoms with Crippen LogP contribution in [0.1, 0.15) is 5.56 Å². The van der Waals surface area contributed by atoms with Gasteiger partial charge in [-0.05, 0) is 5.56 Å². The summed E-state index contributed by atoms with van der Waals surface area (Å²) in [4.78, 5) is 11.3. The summed E-state index contributed by atoms with van der Waals surface area (Å²) in [5.41, 5.74) is 0.627. The fourth-order valence-electron chi connectivity index (χ4n) is 1.43. The largest absolute Gasteiger partial charge is 0.486 e. The maximum atomic E-state index is 13.4. The number of ether oxygens (including phenoxy) is 1. The molecule has 3 nitrogen and oxygen atoms in total. The minimum atomic E-state index is -0.539. The number of benzene rings is 1. The van der Waals surface area contributed by atoms with Gasteiger partial charge >= 0.3 is 0 Å². The van der Waals surface area contributed by atoms with E-state index < -0.39 is 5.82 Å². The van der Waals surface area contributed by atoms with Crippen molar-refractivity contribution in [1.82, 2.24) is 4.57 Å². The lowest BCUT2D eigenvalue weighted by atomic mass is 10.2. The van der Waals surface area contributed by atoms with Crippen molar-refractivity contribution in [3.05, 3.63) is 64.3 Å². The quantitative estimate of drug-likeness (QED) is 0.813. The van der Waals surface area contributed by atoms with Crippen molar-refractivity contribution in [2.45, 2.75) is 6.61 Å². The van der Waals surface area contributed by atoms with Crippen LogP contribution in [0, 0.1) is 5.82 Å². The zero-order valence-electron chi connectivity index (χ0n) is 9.39. The highest BCUT2D eigenvalue weighted by molar-refractivity contribution is 5.22. The van der Waals surface area contributed by atoms with E-state index in [1.54, 1.807) is 0 Å². The van der Waals surface area contributed by atoms with Crippen molar-refractivity contribution in [1.29, 1.82) is 0 Å². The third kappa shape index (κ3) is 2.72. The molecule has 88 valence electrons. The standard InChI is InChI=1S/C13H12FNO2/c1-15-8-11(14)12(7-13(15)16)17-9-10-5-3-2-4-6-10/h2-8H,9H2,1H3. The van der Waals surface area contributed by atoms with Gasteiger partial charge in [-0.3, -0.25) is 4.79 Å². The Labute approximate surface area is 98.1 Å². The molecule has 1 aromatic carbocycles. The highest BCUT2D eigenvalue weighted by Gasteiger charge is 2.06. The number of hydrogen-bond donors (Lipinski definition) is 0. The van der Waals surface area contributed by atoms with Crippen LogP contribution in [0.15, 0.2) is 47.4 Å². The topological polar surface area (TPSA) is 31.2 Å². The lowest BCUT2D eigenvalue weighted by molar-refractivity contribution is 0.288. The Kier molecular flexibility index (Phi) is 3.23. The highest BCUT2D eigenvalue weighted by Crippen LogP contribution is 2.14. The number of aromatic nitrogens is 1. The van der Waals surface area contributed by atoms with Gasteiger partial charge in [0.15, 0.2) is 11.6 Å². The van der Waals surface area contributed by atoms with Gasteiger partial charge in [0.05, 0.1) is 0 Å². The first kappa shape index (κ1) is 11.4. The molecule has 0 radical (unpaired) electrons. The molecule has 0 N–H and O–H groups in total. The fraction of sp³-hybridized carbons (Fsp3) is 0.154. The molecule has 0 aliphatic carbocycles. The van der Waals surface area contributed by atoms with Gasteiger partial charge < -0.3 is 9.30 Å². The van der Waals surface area contributed by atoms with Crippen LogP contribution in [0.3, 0.4) is 0 Å². The molecule has 2 aromatic rings. The van der Waals surface area contributed by atoms with Gasteiger partial charge in [0.25, 0.3) is 5.56 Å². The molecule has 0 amide bonds. The Bertz CT molecular complexity index is 563. The van der Waals surface area contributed by atoms with Gasteiger partial charge in [0.1, 0.15) is 6.61 Å². The van der Waals surface area contributed by atoms with Crippen molar-refractivity contribution >= 4 is 0 Å². The van der Waals surface area contributed by atoms with E-state index in [4.69, 9.17) is 4.74 Å². The number of nitrogens with zero attached hydrogens (tertiary/aromatic N) is 1. The Morgan fingerprint density at radius 3 is 2.71 bits per heavy atom. The van der Waals surface area contributed by atoms with Crippen LogP contribution >= 0.6 is 0 Å². The minimum Gasteiger partial charge on any atom is -0.486 e. The van der Waals surface area contributed by atoms with Crippen molar-refractivity contribution in [3.8, 4) is 5.75 Å². The maximum absolute atomic E-state index is 13.4. The molecule has 0 unspecified atom stereocenters. The van der Waals surface area contributed by atoms with E-state index in [0.717, 1.165) is 17.8 Å². The van der Waals surface area contributed by atoms with E-state index in [-0.39, 0.29) is 17.9 Å². The Balaban J connectivity index is 2.15. The molecule has 0 fully saturated rings. The second kappa shape index (κ2) is 4.82. The predicted molar refractivity (Wildman–Crippen MR) is 62.4 cm³/mol. The van der Waals surface area contributed by atoms with Crippen molar-refractivity contribution in [2.24, 2.45) is 7.05 Å². The molecular weight excluding hydrogens is 221 g/mol. The zero-order valence-corrected chi connectivity index (χ0v) is 9.39. The average Bonchev–Trinajstić information content (AvgIpc) is 2.33. The maximum Gasteiger partial charge on any atom is 0.254 e. The van der Waals surface area contributed by atoms with Crippen LogP contribution in [0.25, 0.3) is 0 Å². The molecule has 0 saturated carbocycles. The number of halogens is 1. The molecule has 0 bridgehead atoms. The summed E-state index contributed by atoms with van der Waals surface area (Å²) in [5.74, 6) is -0.556. The summed E-state index contributed by atoms with van der Waals surface area (Å²) in [6.45, 7) is 0.241. The Morgan fingerprint density at radius 2 is 2.00 bits per heavy atom. The van der Waals surface area contributed by atoms with Crippen molar-refractivity contribution in [3.63, 3.8) is 0 Å². The van der Waals surface area contributed by atoms with E-state index in [9.17, 15) is 9.18 Å². The third-order valence-electron chi connectivity index (χ3n) is 2.38. The third-order valence-corrected chi connectivity index (χ3v) is 2.38. The van der Waals surface area contributed by atoms with E-state index in [1.165, 1.54) is 11.6 Å². The minimum absolute atomic E-state index is 0.0167. The first-order valence-electron chi connectivity index (χ1n) is 5.20. The molecular formula is C13H12FNO2. The van der Waals surface area contributed by atoms with Crippen LogP contribution in [0.5, 0.6) is 5.75 Å². The monoisotopic (exact) mass is 233 g/mol. The summed E-state index contributed by atoms with van der Waals surface area (Å²) in [5, 5.41) is 0. The molecule has 4 heteroatoms. The number of aryl methyl sites for hydroxylation is 1. The molecule has 2 rings (SSSR count). The van der Waals surface area contributed by atoms with Crippen molar-refractivity contribution < 1.29 is 9.13 Å². The molecule has 1 heterocycles. The average molecular weight is 233 g/mol. The Hall–Kier alpha value is -2.10. The smallest absolute Gasteiger partial charge is 0.254 e. The molecule has 0 spiro atoms. The normalized spacial score (nSPS) is 10.2. The van der Waals surface area contributed by atoms with Gasteiger partial charge in [-0.25, -0.2) is 4.39 Å². The molecule has 1 aromatic heterocycles. The highest BCUT2D eigenvalue weighted by atomic mass is 19.1. The second-order valence-electron chi connectivity index (χ2n) is 3.71. The van der Waals surface area contributed by atoms with Gasteiger partial charge in [-0.1, -0.05) is 30.3 Å². The summed E-state index contributed by atoms with van der Waals surface area (Å²) in [6, 6.07) is 10.5. The summed E-state index contributed by atoms with van der Waals surface area (Å²) in [6.07, 6.45) is 1.11. The van der Waals surface area contributed by atoms with Gasteiger partial charge in [0, 0.05) is 19.3 Å². The van der Waals surface area contributed by atoms with Gasteiger partial charge in [-0.2, -0.15) is 0 Å². The van der Waals surface area contributed by atoms with Crippen molar-refractivity contribution in [2.75, 3.05) is 0 Å². The number of rotatable bonds is 3. The summed E-state index contributed by atoms with van der Waals surface area (Å²) in [7, 11) is 1.49. The second-order valence-corrected chi connectivity index (χ2v) is 3.71. The first-order valence-corrected chi connectivity index (χ1v) is 5.20. The lowest BCUT2D eigenvalue weighted by Crippen LogP contribution is -2.16. The molecule has 0 atom stereocenters. The van der Waals surface area contributed by atoms with Gasteiger partial charge in [0.2, 0.25) is 0 Å². The zero-order chi connectivity index (χ0) is 12.3. The van der Waals surface area contributed by atoms with Crippen LogP contribution in [0.2, 0.25) is 0 Å². The van der Waals surface area contributed by atoms with E-state index in [1.807, 2.05) is 30.3 Å². The van der Waals surface area contributed by atoms with Crippen LogP contribution < -0.4 is 10.3 Å². The fourth-order valence-corrected chi connectivity index (χ4v) is 1.43. The van der Waals surface area contributed by atoms with Crippen LogP contribution in [-0.4, -0.2) is 4.57 Å². The van der Waals surface area contributed by atoms with Crippen LogP contribution in [-0.2, 0) is 13.7 Å². The molecule has 0 aliphatic heterocycles. The number of hydrogen-bond acceptors (Lipinski definition) is 2. The Morgan fingerprint density at radius 1 is 1.29 bits per heavy atom. The summed E-state index contributed by atoms with van der Waals surface area (Å²) < 4.78 is 19.9. The molecule has 17 heavy (non-hydrogen) atoms. The predicted octanol–water partition coefficient (Wildman–Crippen LogP) is 2.10. The van der Waals surface area contributed by atoms with E-state index >= 15 is 0 Å². The number of pyridine rings is 1. The molecule has 0 saturated heterocycles. The lowest BCUT2D eigenvalue weighted by Gasteiger charge is -2.07.